The van der Waals surface area contributed by atoms with Crippen LogP contribution in [0, 0.1) is 6.92 Å². The average molecular weight is 292 g/mol. The van der Waals surface area contributed by atoms with E-state index in [0.29, 0.717) is 6.42 Å². The molecule has 1 N–H and O–H groups in total. The molecule has 0 radical (unpaired) electrons. The second-order valence-corrected chi connectivity index (χ2v) is 5.63. The molecule has 0 bridgehead atoms. The first-order chi connectivity index (χ1) is 10.7. The molecule has 0 aliphatic heterocycles. The fraction of sp³-hybridized carbons (Fsp3) is 0.235. The maximum Gasteiger partial charge on any atom is 0.155 e. The Balaban J connectivity index is 1.83. The Morgan fingerprint density at radius 1 is 1.27 bits per heavy atom. The molecular weight excluding hydrogens is 276 g/mol. The number of aromatic nitrogens is 4. The second kappa shape index (κ2) is 4.94. The van der Waals surface area contributed by atoms with E-state index in [9.17, 15) is 4.79 Å². The SMILES string of the molecule is Cc1nn(-c2ccnc3[nH]ccc23)cc1C1=CC(=O)CCC1. The number of nitrogens with one attached hydrogen (secondary N) is 1. The van der Waals surface area contributed by atoms with Gasteiger partial charge in [-0.3, -0.25) is 4.79 Å². The number of pyridine rings is 1. The van der Waals surface area contributed by atoms with Crippen molar-refractivity contribution in [3.63, 3.8) is 0 Å². The molecular formula is C17H16N4O. The number of carbonyl (C=O) groups is 1. The summed E-state index contributed by atoms with van der Waals surface area (Å²) in [5, 5.41) is 5.67. The number of fused-ring (bicyclic) bond motifs is 1. The summed E-state index contributed by atoms with van der Waals surface area (Å²) in [4.78, 5) is 19.1. The van der Waals surface area contributed by atoms with Gasteiger partial charge in [0.2, 0.25) is 0 Å². The molecule has 22 heavy (non-hydrogen) atoms. The van der Waals surface area contributed by atoms with Crippen LogP contribution in [0.2, 0.25) is 0 Å². The molecule has 5 nitrogen and oxygen atoms in total. The Morgan fingerprint density at radius 3 is 3.05 bits per heavy atom. The van der Waals surface area contributed by atoms with Crippen LogP contribution in [0.3, 0.4) is 0 Å². The summed E-state index contributed by atoms with van der Waals surface area (Å²) in [5.41, 5.74) is 4.94. The molecule has 3 heterocycles. The van der Waals surface area contributed by atoms with Crippen LogP contribution >= 0.6 is 0 Å². The molecule has 0 fully saturated rings. The maximum atomic E-state index is 11.7. The van der Waals surface area contributed by atoms with Crippen molar-refractivity contribution in [3.8, 4) is 5.69 Å². The predicted octanol–water partition coefficient (Wildman–Crippen LogP) is 3.19. The third-order valence-corrected chi connectivity index (χ3v) is 4.13. The average Bonchev–Trinajstić information content (AvgIpc) is 3.13. The number of aryl methyl sites for hydroxylation is 1. The first-order valence-electron chi connectivity index (χ1n) is 7.45. The number of allylic oxidation sites excluding steroid dienone is 2. The number of rotatable bonds is 2. The van der Waals surface area contributed by atoms with Gasteiger partial charge in [-0.05, 0) is 43.5 Å². The van der Waals surface area contributed by atoms with E-state index in [2.05, 4.69) is 15.1 Å². The number of ketones is 1. The molecule has 1 aliphatic carbocycles. The molecule has 0 atom stereocenters. The predicted molar refractivity (Wildman–Crippen MR) is 84.8 cm³/mol. The van der Waals surface area contributed by atoms with Gasteiger partial charge in [-0.2, -0.15) is 5.10 Å². The number of nitrogens with zero attached hydrogens (tertiary/aromatic N) is 3. The largest absolute Gasteiger partial charge is 0.346 e. The summed E-state index contributed by atoms with van der Waals surface area (Å²) in [6.45, 7) is 1.99. The second-order valence-electron chi connectivity index (χ2n) is 5.63. The Labute approximate surface area is 127 Å². The number of hydrogen-bond acceptors (Lipinski definition) is 3. The highest BCUT2D eigenvalue weighted by atomic mass is 16.1. The van der Waals surface area contributed by atoms with E-state index in [1.54, 1.807) is 12.3 Å². The molecule has 0 saturated carbocycles. The molecule has 110 valence electrons. The van der Waals surface area contributed by atoms with Gasteiger partial charge >= 0.3 is 0 Å². The third kappa shape index (κ3) is 2.06. The zero-order valence-corrected chi connectivity index (χ0v) is 12.3. The minimum atomic E-state index is 0.213. The number of carbonyl (C=O) groups excluding carboxylic acids is 1. The van der Waals surface area contributed by atoms with Crippen molar-refractivity contribution in [2.45, 2.75) is 26.2 Å². The molecule has 0 amide bonds. The van der Waals surface area contributed by atoms with Crippen molar-refractivity contribution in [1.29, 1.82) is 0 Å². The van der Waals surface area contributed by atoms with Crippen LogP contribution in [-0.2, 0) is 4.79 Å². The Hall–Kier alpha value is -2.69. The van der Waals surface area contributed by atoms with Crippen molar-refractivity contribution in [3.05, 3.63) is 48.1 Å². The van der Waals surface area contributed by atoms with Crippen molar-refractivity contribution in [1.82, 2.24) is 19.7 Å². The van der Waals surface area contributed by atoms with Gasteiger partial charge in [-0.25, -0.2) is 9.67 Å². The minimum Gasteiger partial charge on any atom is -0.346 e. The number of H-pyrrole nitrogens is 1. The van der Waals surface area contributed by atoms with Gasteiger partial charge in [-0.15, -0.1) is 0 Å². The molecule has 0 aromatic carbocycles. The Kier molecular flexibility index (Phi) is 2.92. The van der Waals surface area contributed by atoms with E-state index in [1.807, 2.05) is 36.1 Å². The summed E-state index contributed by atoms with van der Waals surface area (Å²) in [5.74, 6) is 0.213. The molecule has 1 aliphatic rings. The van der Waals surface area contributed by atoms with Gasteiger partial charge in [0, 0.05) is 36.0 Å². The number of hydrogen-bond donors (Lipinski definition) is 1. The normalized spacial score (nSPS) is 15.3. The van der Waals surface area contributed by atoms with Gasteiger partial charge in [0.1, 0.15) is 5.65 Å². The molecule has 4 rings (SSSR count). The standard InChI is InChI=1S/C17H16N4O/c1-11-15(12-3-2-4-13(22)9-12)10-21(20-11)16-6-8-19-17-14(16)5-7-18-17/h5-10H,2-4H2,1H3,(H,18,19). The lowest BCUT2D eigenvalue weighted by Gasteiger charge is -2.10. The Morgan fingerprint density at radius 2 is 2.18 bits per heavy atom. The van der Waals surface area contributed by atoms with E-state index in [-0.39, 0.29) is 5.78 Å². The van der Waals surface area contributed by atoms with Gasteiger partial charge in [-0.1, -0.05) is 0 Å². The molecule has 3 aromatic heterocycles. The van der Waals surface area contributed by atoms with Crippen LogP contribution in [0.4, 0.5) is 0 Å². The van der Waals surface area contributed by atoms with Gasteiger partial charge in [0.25, 0.3) is 0 Å². The fourth-order valence-electron chi connectivity index (χ4n) is 3.05. The number of aromatic amines is 1. The molecule has 0 saturated heterocycles. The van der Waals surface area contributed by atoms with Crippen LogP contribution in [0.15, 0.2) is 36.8 Å². The quantitative estimate of drug-likeness (QED) is 0.789. The molecule has 3 aromatic rings. The van der Waals surface area contributed by atoms with E-state index in [0.717, 1.165) is 46.4 Å². The van der Waals surface area contributed by atoms with Crippen molar-refractivity contribution in [2.75, 3.05) is 0 Å². The van der Waals surface area contributed by atoms with Crippen molar-refractivity contribution in [2.24, 2.45) is 0 Å². The van der Waals surface area contributed by atoms with Crippen molar-refractivity contribution >= 4 is 22.4 Å². The summed E-state index contributed by atoms with van der Waals surface area (Å²) in [6.07, 6.45) is 9.96. The first kappa shape index (κ1) is 13.0. The summed E-state index contributed by atoms with van der Waals surface area (Å²) in [7, 11) is 0. The fourth-order valence-corrected chi connectivity index (χ4v) is 3.05. The van der Waals surface area contributed by atoms with Crippen LogP contribution < -0.4 is 0 Å². The smallest absolute Gasteiger partial charge is 0.155 e. The van der Waals surface area contributed by atoms with E-state index in [4.69, 9.17) is 0 Å². The van der Waals surface area contributed by atoms with Crippen LogP contribution in [0.25, 0.3) is 22.3 Å². The molecule has 0 spiro atoms. The summed E-state index contributed by atoms with van der Waals surface area (Å²) >= 11 is 0. The highest BCUT2D eigenvalue weighted by molar-refractivity contribution is 5.98. The highest BCUT2D eigenvalue weighted by Gasteiger charge is 2.17. The summed E-state index contributed by atoms with van der Waals surface area (Å²) < 4.78 is 1.88. The lowest BCUT2D eigenvalue weighted by atomic mass is 9.93. The van der Waals surface area contributed by atoms with Crippen LogP contribution in [0.1, 0.15) is 30.5 Å². The minimum absolute atomic E-state index is 0.213. The zero-order chi connectivity index (χ0) is 15.1. The lowest BCUT2D eigenvalue weighted by molar-refractivity contribution is -0.114. The van der Waals surface area contributed by atoms with Gasteiger partial charge in [0.05, 0.1) is 11.4 Å². The van der Waals surface area contributed by atoms with Gasteiger partial charge in [0.15, 0.2) is 5.78 Å². The van der Waals surface area contributed by atoms with Crippen LogP contribution in [-0.4, -0.2) is 25.5 Å². The monoisotopic (exact) mass is 292 g/mol. The van der Waals surface area contributed by atoms with Gasteiger partial charge < -0.3 is 4.98 Å². The third-order valence-electron chi connectivity index (χ3n) is 4.13. The first-order valence-corrected chi connectivity index (χ1v) is 7.45. The zero-order valence-electron chi connectivity index (χ0n) is 12.3. The van der Waals surface area contributed by atoms with Crippen LogP contribution in [0.5, 0.6) is 0 Å². The van der Waals surface area contributed by atoms with E-state index >= 15 is 0 Å². The molecule has 0 unspecified atom stereocenters. The topological polar surface area (TPSA) is 63.6 Å². The van der Waals surface area contributed by atoms with E-state index < -0.39 is 0 Å². The summed E-state index contributed by atoms with van der Waals surface area (Å²) in [6, 6.07) is 3.95. The maximum absolute atomic E-state index is 11.7. The highest BCUT2D eigenvalue weighted by Crippen LogP contribution is 2.29. The van der Waals surface area contributed by atoms with Crippen molar-refractivity contribution < 1.29 is 4.79 Å². The lowest BCUT2D eigenvalue weighted by Crippen LogP contribution is -2.02. The Bertz CT molecular complexity index is 900. The molecule has 5 heteroatoms. The van der Waals surface area contributed by atoms with E-state index in [1.165, 1.54) is 0 Å².